The van der Waals surface area contributed by atoms with Crippen LogP contribution in [-0.4, -0.2) is 253 Å². The number of nitrogens with zero attached hydrogens (tertiary/aromatic N) is 3. The van der Waals surface area contributed by atoms with Crippen LogP contribution >= 0.6 is 0 Å². The molecule has 0 radical (unpaired) electrons. The highest BCUT2D eigenvalue weighted by molar-refractivity contribution is 6.00. The highest BCUT2D eigenvalue weighted by Gasteiger charge is 2.38. The molecule has 5 aromatic rings. The smallest absolute Gasteiger partial charge is 0.308 e. The summed E-state index contributed by atoms with van der Waals surface area (Å²) in [4.78, 5) is 92.9. The van der Waals surface area contributed by atoms with Gasteiger partial charge >= 0.3 is 29.8 Å². The molecule has 0 bridgehead atoms. The molecular weight excluding hydrogens is 1420 g/mol. The number of esters is 5. The fourth-order valence-corrected chi connectivity index (χ4v) is 10.9. The van der Waals surface area contributed by atoms with E-state index >= 15 is 0 Å². The second-order valence-corrected chi connectivity index (χ2v) is 25.1. The van der Waals surface area contributed by atoms with Gasteiger partial charge in [0, 0.05) is 90.3 Å². The number of aliphatic hydroxyl groups is 5. The number of ether oxygens (including phenoxy) is 12. The molecule has 4 saturated heterocycles. The molecule has 7 aliphatic rings. The lowest BCUT2D eigenvalue weighted by Crippen LogP contribution is -2.42. The van der Waals surface area contributed by atoms with Crippen LogP contribution in [0.15, 0.2) is 106 Å². The van der Waals surface area contributed by atoms with Crippen molar-refractivity contribution in [1.29, 1.82) is 0 Å². The molecule has 12 rings (SSSR count). The quantitative estimate of drug-likeness (QED) is 0.0379. The van der Waals surface area contributed by atoms with Gasteiger partial charge in [0.05, 0.1) is 95.9 Å². The highest BCUT2D eigenvalue weighted by atomic mass is 16.6. The molecular formula is C74H96N6O28. The maximum atomic E-state index is 12.2. The number of aromatic hydroxyl groups is 2. The first-order valence-corrected chi connectivity index (χ1v) is 33.8. The summed E-state index contributed by atoms with van der Waals surface area (Å²) in [5, 5.41) is 70.7. The van der Waals surface area contributed by atoms with E-state index in [2.05, 4.69) is 25.6 Å². The lowest BCUT2D eigenvalue weighted by molar-refractivity contribution is -0.157. The van der Waals surface area contributed by atoms with Crippen molar-refractivity contribution in [2.75, 3.05) is 79.3 Å². The van der Waals surface area contributed by atoms with Gasteiger partial charge in [0.2, 0.25) is 17.7 Å². The van der Waals surface area contributed by atoms with Crippen molar-refractivity contribution >= 4 is 59.4 Å². The number of phenols is 2. The Morgan fingerprint density at radius 1 is 0.500 bits per heavy atom. The lowest BCUT2D eigenvalue weighted by atomic mass is 10.1. The molecule has 0 spiro atoms. The fraction of sp³-hybridized carbons (Fsp3) is 0.459. The Bertz CT molecular complexity index is 3990. The Labute approximate surface area is 622 Å². The largest absolute Gasteiger partial charge is 0.870 e. The van der Waals surface area contributed by atoms with Crippen molar-refractivity contribution in [3.8, 4) is 28.7 Å². The summed E-state index contributed by atoms with van der Waals surface area (Å²) < 4.78 is 62.5. The van der Waals surface area contributed by atoms with Gasteiger partial charge in [0.15, 0.2) is 6.10 Å². The predicted molar refractivity (Wildman–Crippen MR) is 385 cm³/mol. The topological polar surface area (TPSA) is 522 Å². The van der Waals surface area contributed by atoms with E-state index in [4.69, 9.17) is 72.8 Å². The number of nitrogens with two attached hydrogens (primary N) is 1. The Balaban J connectivity index is 0.000000237. The van der Waals surface area contributed by atoms with E-state index < -0.39 is 72.5 Å². The van der Waals surface area contributed by atoms with E-state index in [1.807, 2.05) is 19.1 Å². The fourth-order valence-electron chi connectivity index (χ4n) is 10.9. The SMILES string of the molecule is CC(=O)OC[C@@H](OC(C)=O)[C@@H]1COC(c2cccc(OC(C)=O)c2C)=N1.CC(=O)Oc1cccc(C(=O)N[C@H]2COC[C@@H]2O)c1C.CC(=O)Oc1cccc(C2=N[C@H]3COCC3O2)c1C.Cc1c(O)cccc1C(=O)N[C@H]1COC[C@@H]1O.Cc1c(O)cccc1C1=N[C@H]([C@H](O)CO)CO1.N[C@H]1COC[C@@H]1O.[OH-].[OH3+]. The molecule has 108 heavy (non-hydrogen) atoms. The molecule has 4 fully saturated rings. The summed E-state index contributed by atoms with van der Waals surface area (Å²) in [7, 11) is 0. The van der Waals surface area contributed by atoms with Gasteiger partial charge in [0.1, 0.15) is 78.9 Å². The lowest BCUT2D eigenvalue weighted by Gasteiger charge is -2.19. The zero-order valence-corrected chi connectivity index (χ0v) is 61.4. The van der Waals surface area contributed by atoms with Crippen LogP contribution in [0.3, 0.4) is 0 Å². The maximum Gasteiger partial charge on any atom is 0.308 e. The third-order valence-corrected chi connectivity index (χ3v) is 17.0. The average molecular weight is 1520 g/mol. The van der Waals surface area contributed by atoms with Crippen LogP contribution in [0.25, 0.3) is 0 Å². The molecule has 34 nitrogen and oxygen atoms in total. The third-order valence-electron chi connectivity index (χ3n) is 17.0. The second-order valence-electron chi connectivity index (χ2n) is 25.1. The number of phenolic OH excluding ortho intramolecular Hbond substituents is 2. The van der Waals surface area contributed by atoms with Crippen LogP contribution < -0.4 is 30.6 Å². The highest BCUT2D eigenvalue weighted by Crippen LogP contribution is 2.31. The number of hydrogen-bond donors (Lipinski definition) is 10. The summed E-state index contributed by atoms with van der Waals surface area (Å²) in [5.74, 6) is 0.133. The molecule has 7 aliphatic heterocycles. The first-order chi connectivity index (χ1) is 50.4. The summed E-state index contributed by atoms with van der Waals surface area (Å²) >= 11 is 0. The Kier molecular flexibility index (Phi) is 34.8. The van der Waals surface area contributed by atoms with Crippen LogP contribution in [0.2, 0.25) is 0 Å². The summed E-state index contributed by atoms with van der Waals surface area (Å²) in [6, 6.07) is 23.6. The Morgan fingerprint density at radius 2 is 0.926 bits per heavy atom. The van der Waals surface area contributed by atoms with Gasteiger partial charge in [-0.15, -0.1) is 0 Å². The number of carbonyl (C=O) groups is 7. The Morgan fingerprint density at radius 3 is 1.37 bits per heavy atom. The van der Waals surface area contributed by atoms with Crippen LogP contribution in [0, 0.1) is 34.6 Å². The first-order valence-electron chi connectivity index (χ1n) is 33.8. The summed E-state index contributed by atoms with van der Waals surface area (Å²) in [6.07, 6.45) is -3.43. The molecule has 5 aromatic carbocycles. The van der Waals surface area contributed by atoms with Gasteiger partial charge in [-0.05, 0) is 95.3 Å². The molecule has 12 atom stereocenters. The van der Waals surface area contributed by atoms with E-state index in [0.29, 0.717) is 112 Å². The number of amides is 2. The predicted octanol–water partition coefficient (Wildman–Crippen LogP) is 1.43. The minimum atomic E-state index is -0.912. The molecule has 15 N–H and O–H groups in total. The molecule has 1 unspecified atom stereocenters. The van der Waals surface area contributed by atoms with Crippen molar-refractivity contribution in [3.05, 3.63) is 147 Å². The molecule has 34 heteroatoms. The van der Waals surface area contributed by atoms with Crippen molar-refractivity contribution in [2.45, 2.75) is 142 Å². The van der Waals surface area contributed by atoms with Gasteiger partial charge in [-0.1, -0.05) is 30.3 Å². The monoisotopic (exact) mass is 1520 g/mol. The van der Waals surface area contributed by atoms with Crippen LogP contribution in [0.5, 0.6) is 28.7 Å². The molecule has 7 heterocycles. The second kappa shape index (κ2) is 42.5. The van der Waals surface area contributed by atoms with E-state index in [0.717, 1.165) is 11.1 Å². The van der Waals surface area contributed by atoms with Crippen molar-refractivity contribution in [1.82, 2.24) is 10.6 Å². The van der Waals surface area contributed by atoms with Crippen molar-refractivity contribution < 1.29 is 137 Å². The van der Waals surface area contributed by atoms with Gasteiger partial charge in [0.25, 0.3) is 11.8 Å². The van der Waals surface area contributed by atoms with Crippen molar-refractivity contribution in [3.63, 3.8) is 0 Å². The number of fused-ring (bicyclic) bond motifs is 1. The average Bonchev–Trinajstić information content (AvgIpc) is 1.68. The maximum absolute atomic E-state index is 12.2. The molecule has 590 valence electrons. The van der Waals surface area contributed by atoms with Crippen molar-refractivity contribution in [2.24, 2.45) is 20.7 Å². The minimum absolute atomic E-state index is 0. The number of aliphatic imine (C=N–C) groups is 3. The number of benzene rings is 5. The van der Waals surface area contributed by atoms with Crippen LogP contribution in [0.4, 0.5) is 0 Å². The van der Waals surface area contributed by atoms with Gasteiger partial charge < -0.3 is 120 Å². The van der Waals surface area contributed by atoms with E-state index in [1.54, 1.807) is 100 Å². The molecule has 0 aromatic heterocycles. The minimum Gasteiger partial charge on any atom is -0.870 e. The number of hydrogen-bond acceptors (Lipinski definition) is 31. The Hall–Kier alpha value is -10.1. The third kappa shape index (κ3) is 25.3. The van der Waals surface area contributed by atoms with Crippen LogP contribution in [0.1, 0.15) is 99.8 Å². The van der Waals surface area contributed by atoms with E-state index in [1.165, 1.54) is 40.7 Å². The molecule has 2 amide bonds. The zero-order valence-electron chi connectivity index (χ0n) is 61.4. The summed E-state index contributed by atoms with van der Waals surface area (Å²) in [5.41, 5.74) is 11.7. The van der Waals surface area contributed by atoms with Gasteiger partial charge in [-0.2, -0.15) is 0 Å². The van der Waals surface area contributed by atoms with Gasteiger partial charge in [-0.3, -0.25) is 33.6 Å². The van der Waals surface area contributed by atoms with E-state index in [-0.39, 0.29) is 111 Å². The normalized spacial score (nSPS) is 22.1. The number of nitrogens with one attached hydrogen (secondary N) is 2. The molecule has 0 aliphatic carbocycles. The van der Waals surface area contributed by atoms with E-state index in [9.17, 15) is 59.1 Å². The zero-order chi connectivity index (χ0) is 77.5. The van der Waals surface area contributed by atoms with Gasteiger partial charge in [-0.25, -0.2) is 15.0 Å². The molecule has 0 saturated carbocycles. The number of rotatable bonds is 16. The number of aliphatic hydroxyl groups excluding tert-OH is 5. The van der Waals surface area contributed by atoms with Crippen LogP contribution in [-0.2, 0) is 72.1 Å². The standard InChI is InChI=1S/C18H21NO7.C14H17NO5.C14H15NO4.2C12H15NO4.C4H9NO2.2H2O/c1-10-14(6-5-7-16(10)25-12(3)21)18-19-15(8-24-18)17(26-13(4)22)9-23-11(2)20;1-8-10(4-3-5-13(8)20-9(2)16)14(18)15-11-6-19-7-12(11)17;1-8-10(4-3-5-12(8)18-9(2)16)14-15-11-6-17-7-13(11)19-14;1-7-8(3-2-4-10(7)15)12-13-9(6-17-12)11(16)5-14;1-7-8(3-2-4-10(7)14)12(16)13-9-5-17-6-11(9)15;5-3-1-7-2-4(3)6;;/h5-7,15,17H,8-9H2,1-4H3;3-5,11-12,17H,6-7H2,1-2H3,(H,15,18);3-5,11,13H,6-7H2,1-2H3;2-4,9,11,14-16H,5-6H2,1H3;2-4,9,11,14-15H,5-6H2,1H3,(H,13,16);3-4,6H,1-2,5H2;2*1H2/t15-,17+;11-,12-;11-,13?;9-,11+;9-,11-;3-,4-;;/m000000../s1. The summed E-state index contributed by atoms with van der Waals surface area (Å²) in [6.45, 7) is 18.5. The number of carbonyl (C=O) groups excluding carboxylic acids is 7. The first kappa shape index (κ1) is 88.5.